The molecule has 3 rings (SSSR count). The number of hydrogen-bond donors (Lipinski definition) is 2. The van der Waals surface area contributed by atoms with Crippen molar-refractivity contribution in [2.45, 2.75) is 27.3 Å². The number of nitrogens with one attached hydrogen (secondary N) is 2. The first-order valence-electron chi connectivity index (χ1n) is 8.86. The molecule has 0 atom stereocenters. The molecule has 6 heteroatoms. The molecule has 2 heterocycles. The van der Waals surface area contributed by atoms with Crippen molar-refractivity contribution < 1.29 is 9.59 Å². The number of aromatic nitrogens is 1. The number of Topliss-reactive ketones (excluding diaryl/α,β-unsaturated/α-hetero) is 1. The van der Waals surface area contributed by atoms with Crippen molar-refractivity contribution in [2.24, 2.45) is 0 Å². The molecular weight excluding hydrogens is 346 g/mol. The van der Waals surface area contributed by atoms with Gasteiger partial charge in [-0.3, -0.25) is 14.5 Å². The lowest BCUT2D eigenvalue weighted by atomic mass is 10.1. The van der Waals surface area contributed by atoms with Crippen LogP contribution in [0.5, 0.6) is 0 Å². The van der Waals surface area contributed by atoms with E-state index in [1.165, 1.54) is 24.0 Å². The van der Waals surface area contributed by atoms with Crippen molar-refractivity contribution >= 4 is 29.1 Å². The fourth-order valence-electron chi connectivity index (χ4n) is 3.46. The van der Waals surface area contributed by atoms with Gasteiger partial charge in [-0.05, 0) is 44.0 Å². The number of rotatable bonds is 5. The van der Waals surface area contributed by atoms with Gasteiger partial charge in [-0.1, -0.05) is 12.1 Å². The normalized spacial score (nSPS) is 15.0. The molecule has 1 aromatic heterocycles. The molecule has 0 spiro atoms. The maximum Gasteiger partial charge on any atom is 0.272 e. The molecule has 2 aromatic rings. The zero-order valence-electron chi connectivity index (χ0n) is 15.5. The number of benzene rings is 1. The summed E-state index contributed by atoms with van der Waals surface area (Å²) < 4.78 is 0. The summed E-state index contributed by atoms with van der Waals surface area (Å²) in [7, 11) is 0. The van der Waals surface area contributed by atoms with Crippen molar-refractivity contribution in [3.05, 3.63) is 52.3 Å². The van der Waals surface area contributed by atoms with Gasteiger partial charge in [-0.25, -0.2) is 0 Å². The smallest absolute Gasteiger partial charge is 0.272 e. The molecule has 1 amide bonds. The molecule has 138 valence electrons. The van der Waals surface area contributed by atoms with Crippen LogP contribution in [0.1, 0.15) is 44.6 Å². The third-order valence-electron chi connectivity index (χ3n) is 4.71. The Labute approximate surface area is 158 Å². The van der Waals surface area contributed by atoms with E-state index >= 15 is 0 Å². The number of amides is 1. The van der Waals surface area contributed by atoms with Crippen LogP contribution in [0.4, 0.5) is 5.69 Å². The number of aryl methyl sites for hydroxylation is 1. The molecule has 1 aliphatic heterocycles. The van der Waals surface area contributed by atoms with Crippen molar-refractivity contribution in [3.63, 3.8) is 0 Å². The largest absolute Gasteiger partial charge is 0.354 e. The van der Waals surface area contributed by atoms with E-state index < -0.39 is 0 Å². The first-order valence-corrected chi connectivity index (χ1v) is 10.0. The third-order valence-corrected chi connectivity index (χ3v) is 5.65. The van der Waals surface area contributed by atoms with Gasteiger partial charge < -0.3 is 10.3 Å². The van der Waals surface area contributed by atoms with Crippen LogP contribution < -0.4 is 5.32 Å². The monoisotopic (exact) mass is 371 g/mol. The molecule has 26 heavy (non-hydrogen) atoms. The molecule has 5 nitrogen and oxygen atoms in total. The number of ketones is 1. The Kier molecular flexibility index (Phi) is 5.84. The number of hydrogen-bond acceptors (Lipinski definition) is 4. The van der Waals surface area contributed by atoms with E-state index in [-0.39, 0.29) is 11.7 Å². The van der Waals surface area contributed by atoms with Crippen molar-refractivity contribution in [3.8, 4) is 0 Å². The molecule has 1 aliphatic rings. The molecule has 0 aliphatic carbocycles. The Hall–Kier alpha value is -2.05. The summed E-state index contributed by atoms with van der Waals surface area (Å²) in [5.41, 5.74) is 4.46. The predicted molar refractivity (Wildman–Crippen MR) is 107 cm³/mol. The van der Waals surface area contributed by atoms with Crippen molar-refractivity contribution in [1.82, 2.24) is 9.88 Å². The van der Waals surface area contributed by atoms with Gasteiger partial charge >= 0.3 is 0 Å². The van der Waals surface area contributed by atoms with E-state index in [1.54, 1.807) is 6.92 Å². The highest BCUT2D eigenvalue weighted by molar-refractivity contribution is 7.99. The predicted octanol–water partition coefficient (Wildman–Crippen LogP) is 3.64. The average Bonchev–Trinajstić information content (AvgIpc) is 2.91. The fourth-order valence-corrected chi connectivity index (χ4v) is 4.44. The highest BCUT2D eigenvalue weighted by Gasteiger charge is 2.20. The van der Waals surface area contributed by atoms with Crippen LogP contribution >= 0.6 is 11.8 Å². The number of H-pyrrole nitrogens is 1. The molecule has 0 unspecified atom stereocenters. The standard InChI is InChI=1S/C20H25N3O2S/c1-13-18(15(3)24)14(2)21-19(13)20(25)22-17-6-4-5-16(11-17)12-23-7-9-26-10-8-23/h4-6,11,21H,7-10,12H2,1-3H3,(H,22,25). The first-order chi connectivity index (χ1) is 12.5. The van der Waals surface area contributed by atoms with Crippen LogP contribution in [-0.2, 0) is 6.54 Å². The van der Waals surface area contributed by atoms with Crippen LogP contribution in [0.2, 0.25) is 0 Å². The molecule has 1 fully saturated rings. The summed E-state index contributed by atoms with van der Waals surface area (Å²) in [5, 5.41) is 2.95. The first kappa shape index (κ1) is 18.7. The Morgan fingerprint density at radius 2 is 1.96 bits per heavy atom. The number of carbonyl (C=O) groups is 2. The highest BCUT2D eigenvalue weighted by atomic mass is 32.2. The van der Waals surface area contributed by atoms with Crippen LogP contribution in [0.25, 0.3) is 0 Å². The minimum atomic E-state index is -0.218. The summed E-state index contributed by atoms with van der Waals surface area (Å²) >= 11 is 2.00. The fraction of sp³-hybridized carbons (Fsp3) is 0.400. The zero-order valence-corrected chi connectivity index (χ0v) is 16.3. The van der Waals surface area contributed by atoms with Crippen LogP contribution in [0.3, 0.4) is 0 Å². The zero-order chi connectivity index (χ0) is 18.7. The number of aromatic amines is 1. The topological polar surface area (TPSA) is 65.2 Å². The summed E-state index contributed by atoms with van der Waals surface area (Å²) in [4.78, 5) is 29.9. The van der Waals surface area contributed by atoms with Crippen LogP contribution in [0, 0.1) is 13.8 Å². The molecule has 1 aromatic carbocycles. The summed E-state index contributed by atoms with van der Waals surface area (Å²) in [6, 6.07) is 7.98. The lowest BCUT2D eigenvalue weighted by molar-refractivity contribution is 0.101. The van der Waals surface area contributed by atoms with E-state index in [0.29, 0.717) is 16.8 Å². The SMILES string of the molecule is CC(=O)c1c(C)[nH]c(C(=O)Nc2cccc(CN3CCSCC3)c2)c1C. The van der Waals surface area contributed by atoms with E-state index in [2.05, 4.69) is 21.3 Å². The Balaban J connectivity index is 1.72. The lowest BCUT2D eigenvalue weighted by Crippen LogP contribution is -2.31. The Bertz CT molecular complexity index is 822. The number of thioether (sulfide) groups is 1. The Morgan fingerprint density at radius 3 is 2.62 bits per heavy atom. The Morgan fingerprint density at radius 1 is 1.23 bits per heavy atom. The van der Waals surface area contributed by atoms with Gasteiger partial charge in [0.15, 0.2) is 5.78 Å². The number of nitrogens with zero attached hydrogens (tertiary/aromatic N) is 1. The third kappa shape index (κ3) is 4.19. The van der Waals surface area contributed by atoms with Crippen LogP contribution in [-0.4, -0.2) is 46.2 Å². The lowest BCUT2D eigenvalue weighted by Gasteiger charge is -2.26. The number of anilines is 1. The maximum atomic E-state index is 12.7. The quantitative estimate of drug-likeness (QED) is 0.788. The summed E-state index contributed by atoms with van der Waals surface area (Å²) in [6.07, 6.45) is 0. The highest BCUT2D eigenvalue weighted by Crippen LogP contribution is 2.21. The van der Waals surface area contributed by atoms with E-state index in [0.717, 1.165) is 31.0 Å². The molecule has 0 radical (unpaired) electrons. The van der Waals surface area contributed by atoms with Gasteiger partial charge in [0.05, 0.1) is 0 Å². The minimum absolute atomic E-state index is 0.0306. The molecular formula is C20H25N3O2S. The van der Waals surface area contributed by atoms with Crippen molar-refractivity contribution in [1.29, 1.82) is 0 Å². The van der Waals surface area contributed by atoms with Gasteiger partial charge in [-0.2, -0.15) is 11.8 Å². The number of carbonyl (C=O) groups excluding carboxylic acids is 2. The molecule has 0 saturated carbocycles. The van der Waals surface area contributed by atoms with Gasteiger partial charge in [0.25, 0.3) is 5.91 Å². The second kappa shape index (κ2) is 8.10. The molecule has 2 N–H and O–H groups in total. The maximum absolute atomic E-state index is 12.7. The second-order valence-corrected chi connectivity index (χ2v) is 7.95. The summed E-state index contributed by atoms with van der Waals surface area (Å²) in [6.45, 7) is 8.26. The summed E-state index contributed by atoms with van der Waals surface area (Å²) in [5.74, 6) is 2.11. The van der Waals surface area contributed by atoms with E-state index in [1.807, 2.05) is 36.9 Å². The molecule has 0 bridgehead atoms. The van der Waals surface area contributed by atoms with E-state index in [4.69, 9.17) is 0 Å². The van der Waals surface area contributed by atoms with Gasteiger partial charge in [0.2, 0.25) is 0 Å². The average molecular weight is 372 g/mol. The van der Waals surface area contributed by atoms with Gasteiger partial charge in [0.1, 0.15) is 5.69 Å². The van der Waals surface area contributed by atoms with E-state index in [9.17, 15) is 9.59 Å². The second-order valence-electron chi connectivity index (χ2n) is 6.72. The minimum Gasteiger partial charge on any atom is -0.354 e. The van der Waals surface area contributed by atoms with Gasteiger partial charge in [-0.15, -0.1) is 0 Å². The van der Waals surface area contributed by atoms with Crippen LogP contribution in [0.15, 0.2) is 24.3 Å². The van der Waals surface area contributed by atoms with Crippen molar-refractivity contribution in [2.75, 3.05) is 29.9 Å². The van der Waals surface area contributed by atoms with Gasteiger partial charge in [0, 0.05) is 48.1 Å². The molecule has 1 saturated heterocycles.